The molecule has 3 heterocycles. The number of fused-ring (bicyclic) bond motifs is 1. The van der Waals surface area contributed by atoms with E-state index in [-0.39, 0.29) is 46.4 Å². The van der Waals surface area contributed by atoms with Crippen LogP contribution in [0, 0.1) is 17.3 Å². The second kappa shape index (κ2) is 12.7. The van der Waals surface area contributed by atoms with Gasteiger partial charge in [0.2, 0.25) is 11.8 Å². The van der Waals surface area contributed by atoms with E-state index >= 15 is 0 Å². The normalized spacial score (nSPS) is 29.9. The molecular weight excluding hydrogens is 580 g/mol. The van der Waals surface area contributed by atoms with Crippen molar-refractivity contribution in [3.63, 3.8) is 0 Å². The Bertz CT molecular complexity index is 950. The Morgan fingerprint density at radius 3 is 2.49 bits per heavy atom. The van der Waals surface area contributed by atoms with Crippen LogP contribution in [0.5, 0.6) is 0 Å². The second-order valence-corrected chi connectivity index (χ2v) is 15.7. The summed E-state index contributed by atoms with van der Waals surface area (Å²) >= 11 is 5.42. The number of alkyl halides is 1. The van der Waals surface area contributed by atoms with Gasteiger partial charge in [-0.05, 0) is 57.8 Å². The van der Waals surface area contributed by atoms with E-state index in [2.05, 4.69) is 63.7 Å². The number of esters is 1. The highest BCUT2D eigenvalue weighted by Gasteiger charge is 2.76. The SMILES string of the molecule is C=CCCCCOC(=O)[C@H]1[C@H]2C(=O)N(CCCO)C(C(=O)N(CC=C)C(C)(C)CC(C)(C)C)C23CC(Br)[C@@H]1S3. The summed E-state index contributed by atoms with van der Waals surface area (Å²) in [5.74, 6) is -1.85. The highest BCUT2D eigenvalue weighted by atomic mass is 79.9. The third kappa shape index (κ3) is 6.45. The molecule has 0 aromatic carbocycles. The number of allylic oxidation sites excluding steroid dienone is 1. The number of likely N-dealkylation sites (tertiary alicyclic amines) is 1. The van der Waals surface area contributed by atoms with Crippen LogP contribution >= 0.6 is 27.7 Å². The monoisotopic (exact) mass is 626 g/mol. The molecule has 0 aromatic heterocycles. The Kier molecular flexibility index (Phi) is 10.5. The van der Waals surface area contributed by atoms with E-state index in [0.29, 0.717) is 26.0 Å². The van der Waals surface area contributed by atoms with E-state index in [1.54, 1.807) is 22.7 Å². The fraction of sp³-hybridized carbons (Fsp3) is 0.767. The predicted octanol–water partition coefficient (Wildman–Crippen LogP) is 4.96. The third-order valence-electron chi connectivity index (χ3n) is 8.17. The molecule has 1 spiro atoms. The van der Waals surface area contributed by atoms with Crippen LogP contribution in [0.4, 0.5) is 0 Å². The number of nitrogens with zero attached hydrogens (tertiary/aromatic N) is 2. The summed E-state index contributed by atoms with van der Waals surface area (Å²) in [6.45, 7) is 19.1. The summed E-state index contributed by atoms with van der Waals surface area (Å²) in [7, 11) is 0. The van der Waals surface area contributed by atoms with Crippen molar-refractivity contribution in [2.75, 3.05) is 26.3 Å². The molecule has 220 valence electrons. The first-order valence-corrected chi connectivity index (χ1v) is 16.0. The molecule has 3 aliphatic rings. The van der Waals surface area contributed by atoms with Crippen molar-refractivity contribution >= 4 is 45.5 Å². The van der Waals surface area contributed by atoms with E-state index in [1.807, 2.05) is 11.0 Å². The Morgan fingerprint density at radius 1 is 1.21 bits per heavy atom. The van der Waals surface area contributed by atoms with E-state index < -0.39 is 28.2 Å². The minimum atomic E-state index is -0.730. The van der Waals surface area contributed by atoms with Crippen molar-refractivity contribution in [1.29, 1.82) is 0 Å². The van der Waals surface area contributed by atoms with Crippen molar-refractivity contribution in [3.8, 4) is 0 Å². The number of unbranched alkanes of at least 4 members (excludes halogenated alkanes) is 2. The molecule has 9 heteroatoms. The summed E-state index contributed by atoms with van der Waals surface area (Å²) in [6.07, 6.45) is 7.85. The molecule has 39 heavy (non-hydrogen) atoms. The van der Waals surface area contributed by atoms with Gasteiger partial charge >= 0.3 is 5.97 Å². The van der Waals surface area contributed by atoms with Gasteiger partial charge < -0.3 is 19.6 Å². The molecule has 7 nitrogen and oxygen atoms in total. The highest BCUT2D eigenvalue weighted by molar-refractivity contribution is 9.09. The zero-order chi connectivity index (χ0) is 29.2. The second-order valence-electron chi connectivity index (χ2n) is 13.0. The van der Waals surface area contributed by atoms with Crippen LogP contribution in [0.3, 0.4) is 0 Å². The molecule has 6 atom stereocenters. The fourth-order valence-electron chi connectivity index (χ4n) is 7.12. The molecule has 0 radical (unpaired) electrons. The number of aliphatic hydroxyl groups is 1. The third-order valence-corrected chi connectivity index (χ3v) is 11.4. The lowest BCUT2D eigenvalue weighted by Gasteiger charge is -2.46. The van der Waals surface area contributed by atoms with Gasteiger partial charge in [-0.25, -0.2) is 0 Å². The molecule has 1 N–H and O–H groups in total. The number of aliphatic hydroxyl groups excluding tert-OH is 1. The van der Waals surface area contributed by atoms with Gasteiger partial charge in [-0.15, -0.1) is 24.9 Å². The Morgan fingerprint density at radius 2 is 1.90 bits per heavy atom. The summed E-state index contributed by atoms with van der Waals surface area (Å²) in [5.41, 5.74) is -0.503. The number of amides is 2. The Hall–Kier alpha value is -1.32. The standard InChI is InChI=1S/C30H47BrN2O5S/c1-8-10-11-12-17-38-27(37)21-22-25(35)32(15-13-16-34)24(30(22)18-20(31)23(21)39-30)26(36)33(14-9-2)29(6,7)19-28(3,4)5/h8-9,20-24,34H,1-2,10-19H2,3-7H3/t20?,21-,22-,23-,24?,30?/m0/s1. The molecule has 0 aliphatic carbocycles. The molecule has 0 saturated carbocycles. The van der Waals surface area contributed by atoms with Gasteiger partial charge in [0, 0.05) is 35.3 Å². The lowest BCUT2D eigenvalue weighted by Crippen LogP contribution is -2.60. The molecule has 2 amide bonds. The first kappa shape index (κ1) is 32.2. The smallest absolute Gasteiger partial charge is 0.310 e. The Labute approximate surface area is 247 Å². The van der Waals surface area contributed by atoms with Crippen molar-refractivity contribution in [1.82, 2.24) is 9.80 Å². The van der Waals surface area contributed by atoms with E-state index in [1.165, 1.54) is 0 Å². The molecule has 0 aromatic rings. The summed E-state index contributed by atoms with van der Waals surface area (Å²) in [5, 5.41) is 9.49. The van der Waals surface area contributed by atoms with Crippen LogP contribution in [-0.2, 0) is 19.1 Å². The molecule has 3 saturated heterocycles. The van der Waals surface area contributed by atoms with Crippen LogP contribution in [0.2, 0.25) is 0 Å². The fourth-order valence-corrected chi connectivity index (χ4v) is 10.7. The minimum Gasteiger partial charge on any atom is -0.465 e. The van der Waals surface area contributed by atoms with Gasteiger partial charge in [-0.1, -0.05) is 48.9 Å². The van der Waals surface area contributed by atoms with Crippen LogP contribution in [-0.4, -0.2) is 85.4 Å². The van der Waals surface area contributed by atoms with Gasteiger partial charge in [-0.3, -0.25) is 14.4 Å². The summed E-state index contributed by atoms with van der Waals surface area (Å²) in [4.78, 5) is 45.7. The van der Waals surface area contributed by atoms with Crippen molar-refractivity contribution < 1.29 is 24.2 Å². The number of halogens is 1. The zero-order valence-corrected chi connectivity index (χ0v) is 26.7. The van der Waals surface area contributed by atoms with Crippen LogP contribution in [0.15, 0.2) is 25.3 Å². The van der Waals surface area contributed by atoms with Crippen molar-refractivity contribution in [2.24, 2.45) is 17.3 Å². The maximum absolute atomic E-state index is 14.6. The quantitative estimate of drug-likeness (QED) is 0.127. The van der Waals surface area contributed by atoms with Crippen LogP contribution in [0.1, 0.15) is 73.1 Å². The van der Waals surface area contributed by atoms with Crippen LogP contribution < -0.4 is 0 Å². The first-order valence-electron chi connectivity index (χ1n) is 14.2. The topological polar surface area (TPSA) is 87.1 Å². The van der Waals surface area contributed by atoms with Crippen LogP contribution in [0.25, 0.3) is 0 Å². The molecule has 3 aliphatic heterocycles. The maximum atomic E-state index is 14.6. The van der Waals surface area contributed by atoms with Crippen molar-refractivity contribution in [2.45, 2.75) is 99.5 Å². The number of hydrogen-bond donors (Lipinski definition) is 1. The number of carbonyl (C=O) groups is 3. The van der Waals surface area contributed by atoms with Crippen molar-refractivity contribution in [3.05, 3.63) is 25.3 Å². The number of rotatable bonds is 14. The Balaban J connectivity index is 1.98. The summed E-state index contributed by atoms with van der Waals surface area (Å²) in [6, 6.07) is -0.721. The van der Waals surface area contributed by atoms with E-state index in [0.717, 1.165) is 25.7 Å². The molecule has 3 rings (SSSR count). The maximum Gasteiger partial charge on any atom is 0.310 e. The highest BCUT2D eigenvalue weighted by Crippen LogP contribution is 2.68. The summed E-state index contributed by atoms with van der Waals surface area (Å²) < 4.78 is 4.98. The molecule has 3 unspecified atom stereocenters. The molecule has 3 fully saturated rings. The molecular formula is C30H47BrN2O5S. The first-order chi connectivity index (χ1) is 18.3. The number of carbonyl (C=O) groups excluding carboxylic acids is 3. The van der Waals surface area contributed by atoms with Gasteiger partial charge in [0.15, 0.2) is 0 Å². The number of hydrogen-bond acceptors (Lipinski definition) is 6. The average molecular weight is 628 g/mol. The van der Waals surface area contributed by atoms with Gasteiger partial charge in [0.05, 0.1) is 23.2 Å². The predicted molar refractivity (Wildman–Crippen MR) is 161 cm³/mol. The lowest BCUT2D eigenvalue weighted by atomic mass is 9.70. The minimum absolute atomic E-state index is 0.00611. The average Bonchev–Trinajstić information content (AvgIpc) is 3.42. The van der Waals surface area contributed by atoms with E-state index in [9.17, 15) is 19.5 Å². The largest absolute Gasteiger partial charge is 0.465 e. The van der Waals surface area contributed by atoms with Gasteiger partial charge in [0.1, 0.15) is 6.04 Å². The number of thioether (sulfide) groups is 1. The molecule has 2 bridgehead atoms. The van der Waals surface area contributed by atoms with Gasteiger partial charge in [0.25, 0.3) is 0 Å². The zero-order valence-electron chi connectivity index (χ0n) is 24.3. The lowest BCUT2D eigenvalue weighted by molar-refractivity contribution is -0.154. The van der Waals surface area contributed by atoms with E-state index in [4.69, 9.17) is 4.74 Å². The number of ether oxygens (including phenoxy) is 1. The van der Waals surface area contributed by atoms with Gasteiger partial charge in [-0.2, -0.15) is 0 Å².